The number of pyridine rings is 2. The number of hydrogen-bond donors (Lipinski definition) is 0. The van der Waals surface area contributed by atoms with Crippen LogP contribution in [0.4, 0.5) is 0 Å². The third-order valence-electron chi connectivity index (χ3n) is 6.35. The maximum Gasteiger partial charge on any atom is 0.146 e. The number of fused-ring (bicyclic) bond motifs is 13. The lowest BCUT2D eigenvalue weighted by atomic mass is 10.0. The molecule has 3 aromatic carbocycles. The highest BCUT2D eigenvalue weighted by Crippen LogP contribution is 2.45. The van der Waals surface area contributed by atoms with Gasteiger partial charge >= 0.3 is 0 Å². The second-order valence-corrected chi connectivity index (χ2v) is 10.1. The van der Waals surface area contributed by atoms with Crippen molar-refractivity contribution in [3.8, 4) is 0 Å². The Morgan fingerprint density at radius 2 is 1.58 bits per heavy atom. The molecular formula is C26H13N3S2. The van der Waals surface area contributed by atoms with Crippen molar-refractivity contribution >= 4 is 90.3 Å². The molecule has 0 atom stereocenters. The van der Waals surface area contributed by atoms with Crippen molar-refractivity contribution in [3.05, 3.63) is 79.4 Å². The van der Waals surface area contributed by atoms with Gasteiger partial charge in [-0.1, -0.05) is 24.3 Å². The molecule has 0 aliphatic rings. The largest absolute Gasteiger partial charge is 0.299 e. The van der Waals surface area contributed by atoms with E-state index in [1.54, 1.807) is 0 Å². The van der Waals surface area contributed by atoms with E-state index in [1.807, 2.05) is 47.5 Å². The average molecular weight is 432 g/mol. The fourth-order valence-corrected chi connectivity index (χ4v) is 7.48. The van der Waals surface area contributed by atoms with Crippen LogP contribution in [-0.2, 0) is 0 Å². The van der Waals surface area contributed by atoms with Gasteiger partial charge in [-0.3, -0.25) is 9.38 Å². The molecule has 0 saturated heterocycles. The van der Waals surface area contributed by atoms with E-state index in [2.05, 4.69) is 69.0 Å². The highest BCUT2D eigenvalue weighted by atomic mass is 32.1. The van der Waals surface area contributed by atoms with Crippen molar-refractivity contribution in [2.45, 2.75) is 0 Å². The van der Waals surface area contributed by atoms with E-state index in [0.717, 1.165) is 11.0 Å². The molecule has 3 nitrogen and oxygen atoms in total. The number of hydrogen-bond acceptors (Lipinski definition) is 4. The Morgan fingerprint density at radius 1 is 0.677 bits per heavy atom. The highest BCUT2D eigenvalue weighted by molar-refractivity contribution is 7.28. The van der Waals surface area contributed by atoms with E-state index < -0.39 is 0 Å². The van der Waals surface area contributed by atoms with Gasteiger partial charge in [-0.05, 0) is 35.7 Å². The summed E-state index contributed by atoms with van der Waals surface area (Å²) in [6, 6.07) is 20.1. The molecule has 0 saturated carbocycles. The number of benzene rings is 3. The first-order valence-electron chi connectivity index (χ1n) is 10.2. The molecule has 0 fully saturated rings. The molecule has 0 radical (unpaired) electrons. The number of thiophene rings is 2. The van der Waals surface area contributed by atoms with E-state index in [4.69, 9.17) is 0 Å². The Hall–Kier alpha value is -3.54. The third-order valence-corrected chi connectivity index (χ3v) is 8.67. The molecule has 5 aromatic heterocycles. The van der Waals surface area contributed by atoms with Crippen molar-refractivity contribution in [2.75, 3.05) is 0 Å². The van der Waals surface area contributed by atoms with Gasteiger partial charge in [0.25, 0.3) is 0 Å². The predicted octanol–water partition coefficient (Wildman–Crippen LogP) is 7.77. The highest BCUT2D eigenvalue weighted by Gasteiger charge is 2.16. The lowest BCUT2D eigenvalue weighted by Gasteiger charge is -2.08. The topological polar surface area (TPSA) is 30.2 Å². The Balaban J connectivity index is 1.62. The number of imidazole rings is 1. The molecule has 8 aromatic rings. The van der Waals surface area contributed by atoms with E-state index in [9.17, 15) is 0 Å². The van der Waals surface area contributed by atoms with Gasteiger partial charge in [0.15, 0.2) is 0 Å². The molecule has 31 heavy (non-hydrogen) atoms. The van der Waals surface area contributed by atoms with Gasteiger partial charge < -0.3 is 0 Å². The predicted molar refractivity (Wildman–Crippen MR) is 134 cm³/mol. The number of nitrogens with zero attached hydrogens (tertiary/aromatic N) is 3. The minimum atomic E-state index is 0.961. The molecule has 5 heterocycles. The van der Waals surface area contributed by atoms with Gasteiger partial charge in [0.1, 0.15) is 5.65 Å². The van der Waals surface area contributed by atoms with Crippen molar-refractivity contribution in [1.29, 1.82) is 0 Å². The van der Waals surface area contributed by atoms with Gasteiger partial charge in [-0.2, -0.15) is 0 Å². The zero-order valence-corrected chi connectivity index (χ0v) is 17.8. The van der Waals surface area contributed by atoms with Crippen molar-refractivity contribution in [2.24, 2.45) is 0 Å². The van der Waals surface area contributed by atoms with E-state index >= 15 is 0 Å². The smallest absolute Gasteiger partial charge is 0.146 e. The standard InChI is InChI=1S/C26H13N3S2/c1-2-4-21-14(3-1)17-11-18-16-5-6-20-24(25(16)31-23(18)12-22(17)30-21)15-7-8-27-13-19(15)26-28-9-10-29(20)26/h1-13H. The SMILES string of the molecule is c1ccc2c(c1)sc1cc3sc4c(ccc5c4c4ccncc4c4nccn54)c3cc12. The van der Waals surface area contributed by atoms with Gasteiger partial charge in [0.2, 0.25) is 0 Å². The number of rotatable bonds is 0. The summed E-state index contributed by atoms with van der Waals surface area (Å²) in [7, 11) is 0. The Labute approximate surface area is 183 Å². The summed E-state index contributed by atoms with van der Waals surface area (Å²) < 4.78 is 7.58. The lowest BCUT2D eigenvalue weighted by molar-refractivity contribution is 1.27. The van der Waals surface area contributed by atoms with Gasteiger partial charge in [0.05, 0.1) is 5.52 Å². The number of aromatic nitrogens is 3. The fourth-order valence-electron chi connectivity index (χ4n) is 5.00. The molecule has 5 heteroatoms. The molecular weight excluding hydrogens is 418 g/mol. The van der Waals surface area contributed by atoms with Crippen LogP contribution in [0.3, 0.4) is 0 Å². The zero-order chi connectivity index (χ0) is 20.1. The molecule has 0 unspecified atom stereocenters. The molecule has 0 bridgehead atoms. The Morgan fingerprint density at radius 3 is 2.58 bits per heavy atom. The van der Waals surface area contributed by atoms with Gasteiger partial charge in [-0.15, -0.1) is 22.7 Å². The zero-order valence-electron chi connectivity index (χ0n) is 16.2. The normalized spacial score (nSPS) is 12.5. The summed E-state index contributed by atoms with van der Waals surface area (Å²) in [6.07, 6.45) is 7.74. The minimum Gasteiger partial charge on any atom is -0.299 e. The summed E-state index contributed by atoms with van der Waals surface area (Å²) >= 11 is 3.78. The van der Waals surface area contributed by atoms with Crippen molar-refractivity contribution < 1.29 is 0 Å². The minimum absolute atomic E-state index is 0.961. The van der Waals surface area contributed by atoms with Crippen molar-refractivity contribution in [1.82, 2.24) is 14.4 Å². The van der Waals surface area contributed by atoms with E-state index in [1.165, 1.54) is 56.6 Å². The molecule has 0 spiro atoms. The van der Waals surface area contributed by atoms with Crippen LogP contribution >= 0.6 is 22.7 Å². The van der Waals surface area contributed by atoms with Crippen LogP contribution in [0.25, 0.3) is 67.7 Å². The summed E-state index contributed by atoms with van der Waals surface area (Å²) in [5.74, 6) is 0. The van der Waals surface area contributed by atoms with Gasteiger partial charge in [0, 0.05) is 75.9 Å². The third kappa shape index (κ3) is 1.98. The van der Waals surface area contributed by atoms with E-state index in [0.29, 0.717) is 0 Å². The molecule has 0 amide bonds. The maximum absolute atomic E-state index is 4.61. The average Bonchev–Trinajstić information content (AvgIpc) is 3.52. The monoisotopic (exact) mass is 431 g/mol. The van der Waals surface area contributed by atoms with Crippen LogP contribution in [0, 0.1) is 0 Å². The lowest BCUT2D eigenvalue weighted by Crippen LogP contribution is -1.91. The molecule has 144 valence electrons. The van der Waals surface area contributed by atoms with Crippen LogP contribution < -0.4 is 0 Å². The first kappa shape index (κ1) is 16.2. The first-order valence-corrected chi connectivity index (χ1v) is 11.8. The van der Waals surface area contributed by atoms with Crippen LogP contribution in [-0.4, -0.2) is 14.4 Å². The summed E-state index contributed by atoms with van der Waals surface area (Å²) in [5, 5.41) is 8.96. The summed E-state index contributed by atoms with van der Waals surface area (Å²) in [5.41, 5.74) is 2.15. The van der Waals surface area contributed by atoms with Crippen molar-refractivity contribution in [3.63, 3.8) is 0 Å². The van der Waals surface area contributed by atoms with Crippen LogP contribution in [0.15, 0.2) is 79.4 Å². The second-order valence-electron chi connectivity index (χ2n) is 7.92. The maximum atomic E-state index is 4.61. The van der Waals surface area contributed by atoms with E-state index in [-0.39, 0.29) is 0 Å². The molecule has 0 N–H and O–H groups in total. The quantitative estimate of drug-likeness (QED) is 0.230. The Kier molecular flexibility index (Phi) is 2.91. The van der Waals surface area contributed by atoms with Crippen LogP contribution in [0.2, 0.25) is 0 Å². The second kappa shape index (κ2) is 5.58. The molecule has 8 rings (SSSR count). The first-order chi connectivity index (χ1) is 15.4. The summed E-state index contributed by atoms with van der Waals surface area (Å²) in [6.45, 7) is 0. The fraction of sp³-hybridized carbons (Fsp3) is 0. The Bertz CT molecular complexity index is 2010. The van der Waals surface area contributed by atoms with Crippen LogP contribution in [0.1, 0.15) is 0 Å². The van der Waals surface area contributed by atoms with Crippen LogP contribution in [0.5, 0.6) is 0 Å². The molecule has 0 aliphatic carbocycles. The molecule has 0 aliphatic heterocycles. The summed E-state index contributed by atoms with van der Waals surface area (Å²) in [4.78, 5) is 8.99. The van der Waals surface area contributed by atoms with Gasteiger partial charge in [-0.25, -0.2) is 4.98 Å².